The Labute approximate surface area is 130 Å². The van der Waals surface area contributed by atoms with Gasteiger partial charge in [-0.15, -0.1) is 0 Å². The third-order valence-electron chi connectivity index (χ3n) is 3.37. The van der Waals surface area contributed by atoms with Crippen LogP contribution in [-0.2, 0) is 4.74 Å². The Bertz CT molecular complexity index is 543. The Morgan fingerprint density at radius 2 is 2.09 bits per heavy atom. The molecule has 1 aliphatic rings. The van der Waals surface area contributed by atoms with Crippen molar-refractivity contribution < 1.29 is 18.7 Å². The molecule has 0 aliphatic heterocycles. The second kappa shape index (κ2) is 6.42. The van der Waals surface area contributed by atoms with Crippen LogP contribution in [0.1, 0.15) is 40.0 Å². The fourth-order valence-corrected chi connectivity index (χ4v) is 2.44. The molecule has 0 radical (unpaired) electrons. The van der Waals surface area contributed by atoms with E-state index in [1.54, 1.807) is 0 Å². The van der Waals surface area contributed by atoms with Gasteiger partial charge < -0.3 is 20.5 Å². The summed E-state index contributed by atoms with van der Waals surface area (Å²) < 4.78 is 24.2. The lowest BCUT2D eigenvalue weighted by molar-refractivity contribution is 0.0503. The van der Waals surface area contributed by atoms with Crippen molar-refractivity contribution >= 4 is 11.8 Å². The molecule has 1 aromatic rings. The van der Waals surface area contributed by atoms with E-state index in [-0.39, 0.29) is 18.0 Å². The maximum Gasteiger partial charge on any atom is 0.407 e. The van der Waals surface area contributed by atoms with E-state index in [1.807, 2.05) is 20.8 Å². The molecule has 6 heteroatoms. The predicted molar refractivity (Wildman–Crippen MR) is 82.2 cm³/mol. The van der Waals surface area contributed by atoms with Gasteiger partial charge in [-0.1, -0.05) is 0 Å². The van der Waals surface area contributed by atoms with Crippen LogP contribution in [0.25, 0.3) is 0 Å². The molecule has 5 nitrogen and oxygen atoms in total. The van der Waals surface area contributed by atoms with Crippen molar-refractivity contribution in [3.05, 3.63) is 24.0 Å². The van der Waals surface area contributed by atoms with Gasteiger partial charge in [0.15, 0.2) is 0 Å². The number of nitrogens with one attached hydrogen (secondary N) is 1. The monoisotopic (exact) mass is 310 g/mol. The largest absolute Gasteiger partial charge is 0.488 e. The summed E-state index contributed by atoms with van der Waals surface area (Å²) in [7, 11) is 0. The molecule has 0 aromatic heterocycles. The second-order valence-electron chi connectivity index (χ2n) is 6.58. The lowest BCUT2D eigenvalue weighted by Crippen LogP contribution is -2.38. The lowest BCUT2D eigenvalue weighted by Gasteiger charge is -2.22. The number of carbonyl (C=O) groups is 1. The molecule has 1 amide bonds. The minimum Gasteiger partial charge on any atom is -0.488 e. The van der Waals surface area contributed by atoms with Crippen molar-refractivity contribution in [1.29, 1.82) is 0 Å². The molecule has 0 spiro atoms. The molecule has 0 bridgehead atoms. The minimum atomic E-state index is -0.519. The molecule has 122 valence electrons. The molecular weight excluding hydrogens is 287 g/mol. The predicted octanol–water partition coefficient (Wildman–Crippen LogP) is 3.23. The van der Waals surface area contributed by atoms with E-state index >= 15 is 0 Å². The first-order valence-electron chi connectivity index (χ1n) is 7.44. The highest BCUT2D eigenvalue weighted by atomic mass is 19.1. The van der Waals surface area contributed by atoms with Gasteiger partial charge in [-0.2, -0.15) is 0 Å². The fourth-order valence-electron chi connectivity index (χ4n) is 2.44. The van der Waals surface area contributed by atoms with Gasteiger partial charge in [0, 0.05) is 18.5 Å². The van der Waals surface area contributed by atoms with Gasteiger partial charge in [-0.05, 0) is 45.7 Å². The molecular formula is C16H23FN2O3. The van der Waals surface area contributed by atoms with Gasteiger partial charge in [0.2, 0.25) is 0 Å². The number of amides is 1. The average molecular weight is 310 g/mol. The van der Waals surface area contributed by atoms with Crippen LogP contribution in [0.3, 0.4) is 0 Å². The zero-order valence-electron chi connectivity index (χ0n) is 13.2. The summed E-state index contributed by atoms with van der Waals surface area (Å²) >= 11 is 0. The summed E-state index contributed by atoms with van der Waals surface area (Å²) in [6.07, 6.45) is 1.69. The van der Waals surface area contributed by atoms with Crippen molar-refractivity contribution in [2.24, 2.45) is 0 Å². The van der Waals surface area contributed by atoms with Gasteiger partial charge in [0.1, 0.15) is 23.3 Å². The van der Waals surface area contributed by atoms with Gasteiger partial charge >= 0.3 is 6.09 Å². The summed E-state index contributed by atoms with van der Waals surface area (Å²) in [4.78, 5) is 11.7. The zero-order chi connectivity index (χ0) is 16.3. The van der Waals surface area contributed by atoms with Crippen LogP contribution in [0.15, 0.2) is 18.2 Å². The second-order valence-corrected chi connectivity index (χ2v) is 6.58. The van der Waals surface area contributed by atoms with Gasteiger partial charge in [-0.25, -0.2) is 9.18 Å². The van der Waals surface area contributed by atoms with Crippen LogP contribution < -0.4 is 15.8 Å². The van der Waals surface area contributed by atoms with E-state index in [0.29, 0.717) is 17.9 Å². The highest BCUT2D eigenvalue weighted by Gasteiger charge is 2.29. The van der Waals surface area contributed by atoms with E-state index in [2.05, 4.69) is 5.32 Å². The summed E-state index contributed by atoms with van der Waals surface area (Å²) in [5.41, 5.74) is 5.66. The number of ether oxygens (including phenoxy) is 2. The standard InChI is InChI=1S/C16H23FN2O3/c1-16(2,3)22-15(20)19-11-5-6-12(9-11)21-14-8-10(17)4-7-13(14)18/h4,7-8,11-12H,5-6,9,18H2,1-3H3,(H,19,20). The van der Waals surface area contributed by atoms with E-state index in [9.17, 15) is 9.18 Å². The van der Waals surface area contributed by atoms with Crippen molar-refractivity contribution in [1.82, 2.24) is 5.32 Å². The quantitative estimate of drug-likeness (QED) is 0.841. The SMILES string of the molecule is CC(C)(C)OC(=O)NC1CCC(Oc2cc(F)ccc2N)C1. The van der Waals surface area contributed by atoms with Crippen molar-refractivity contribution in [2.45, 2.75) is 57.8 Å². The third-order valence-corrected chi connectivity index (χ3v) is 3.37. The molecule has 3 N–H and O–H groups in total. The van der Waals surface area contributed by atoms with Gasteiger partial charge in [-0.3, -0.25) is 0 Å². The number of carbonyl (C=O) groups excluding carboxylic acids is 1. The van der Waals surface area contributed by atoms with E-state index in [1.165, 1.54) is 18.2 Å². The topological polar surface area (TPSA) is 73.6 Å². The number of nitrogen functional groups attached to an aromatic ring is 1. The first-order valence-corrected chi connectivity index (χ1v) is 7.44. The Balaban J connectivity index is 1.85. The molecule has 1 aromatic carbocycles. The number of alkyl carbamates (subject to hydrolysis) is 1. The van der Waals surface area contributed by atoms with Crippen LogP contribution in [-0.4, -0.2) is 23.8 Å². The molecule has 22 heavy (non-hydrogen) atoms. The maximum absolute atomic E-state index is 13.2. The number of hydrogen-bond acceptors (Lipinski definition) is 4. The molecule has 0 heterocycles. The number of hydrogen-bond donors (Lipinski definition) is 2. The van der Waals surface area contributed by atoms with Crippen LogP contribution >= 0.6 is 0 Å². The Hall–Kier alpha value is -1.98. The molecule has 2 atom stereocenters. The highest BCUT2D eigenvalue weighted by Crippen LogP contribution is 2.29. The van der Waals surface area contributed by atoms with Crippen LogP contribution in [0, 0.1) is 5.82 Å². The Morgan fingerprint density at radius 1 is 1.36 bits per heavy atom. The van der Waals surface area contributed by atoms with E-state index in [0.717, 1.165) is 12.8 Å². The third kappa shape index (κ3) is 4.79. The van der Waals surface area contributed by atoms with Crippen LogP contribution in [0.2, 0.25) is 0 Å². The van der Waals surface area contributed by atoms with Crippen molar-refractivity contribution in [3.63, 3.8) is 0 Å². The number of halogens is 1. The Morgan fingerprint density at radius 3 is 2.77 bits per heavy atom. The Kier molecular flexibility index (Phi) is 4.78. The zero-order valence-corrected chi connectivity index (χ0v) is 13.2. The molecule has 2 rings (SSSR count). The minimum absolute atomic E-state index is 0.00497. The van der Waals surface area contributed by atoms with Crippen LogP contribution in [0.5, 0.6) is 5.75 Å². The fraction of sp³-hybridized carbons (Fsp3) is 0.562. The van der Waals surface area contributed by atoms with Crippen molar-refractivity contribution in [2.75, 3.05) is 5.73 Å². The van der Waals surface area contributed by atoms with Gasteiger partial charge in [0.05, 0.1) is 5.69 Å². The summed E-state index contributed by atoms with van der Waals surface area (Å²) in [5.74, 6) is -0.0338. The van der Waals surface area contributed by atoms with Gasteiger partial charge in [0.25, 0.3) is 0 Å². The van der Waals surface area contributed by atoms with Crippen molar-refractivity contribution in [3.8, 4) is 5.75 Å². The molecule has 1 saturated carbocycles. The smallest absolute Gasteiger partial charge is 0.407 e. The van der Waals surface area contributed by atoms with E-state index < -0.39 is 11.7 Å². The van der Waals surface area contributed by atoms with E-state index in [4.69, 9.17) is 15.2 Å². The first kappa shape index (κ1) is 16.4. The molecule has 0 saturated heterocycles. The highest BCUT2D eigenvalue weighted by molar-refractivity contribution is 5.68. The number of nitrogens with two attached hydrogens (primary N) is 1. The molecule has 1 aliphatic carbocycles. The number of rotatable bonds is 3. The number of anilines is 1. The summed E-state index contributed by atoms with van der Waals surface area (Å²) in [5, 5.41) is 2.83. The first-order chi connectivity index (χ1) is 10.2. The molecule has 1 fully saturated rings. The van der Waals surface area contributed by atoms with Crippen LogP contribution in [0.4, 0.5) is 14.9 Å². The molecule has 2 unspecified atom stereocenters. The maximum atomic E-state index is 13.2. The normalized spacial score (nSPS) is 21.5. The summed E-state index contributed by atoms with van der Waals surface area (Å²) in [6, 6.07) is 4.05. The summed E-state index contributed by atoms with van der Waals surface area (Å²) in [6.45, 7) is 5.46. The lowest BCUT2D eigenvalue weighted by atomic mass is 10.2. The average Bonchev–Trinajstić information content (AvgIpc) is 2.78. The number of benzene rings is 1.